The molecule has 0 unspecified atom stereocenters. The van der Waals surface area contributed by atoms with Gasteiger partial charge >= 0.3 is 6.18 Å². The zero-order valence-corrected chi connectivity index (χ0v) is 18.6. The number of amides is 1. The van der Waals surface area contributed by atoms with Gasteiger partial charge in [0.05, 0.1) is 30.8 Å². The third-order valence-corrected chi connectivity index (χ3v) is 5.24. The minimum Gasteiger partial charge on any atom is -0.493 e. The lowest BCUT2D eigenvalue weighted by atomic mass is 10.2. The summed E-state index contributed by atoms with van der Waals surface area (Å²) in [6.45, 7) is 3.07. The smallest absolute Gasteiger partial charge is 0.416 e. The molecule has 0 aliphatic carbocycles. The quantitative estimate of drug-likeness (QED) is 0.317. The molecule has 1 amide bonds. The van der Waals surface area contributed by atoms with Crippen molar-refractivity contribution in [1.29, 1.82) is 0 Å². The molecule has 2 aromatic carbocycles. The molecule has 1 N–H and O–H groups in total. The van der Waals surface area contributed by atoms with Crippen LogP contribution < -0.4 is 19.2 Å². The monoisotopic (exact) mass is 485 g/mol. The second-order valence-electron chi connectivity index (χ2n) is 6.62. The zero-order chi connectivity index (χ0) is 24.6. The van der Waals surface area contributed by atoms with Crippen LogP contribution in [0.2, 0.25) is 0 Å². The lowest BCUT2D eigenvalue weighted by Crippen LogP contribution is -2.39. The second-order valence-corrected chi connectivity index (χ2v) is 8.53. The molecule has 8 nitrogen and oxygen atoms in total. The molecule has 0 atom stereocenters. The molecule has 2 aromatic rings. The van der Waals surface area contributed by atoms with Gasteiger partial charge in [0.15, 0.2) is 11.5 Å². The summed E-state index contributed by atoms with van der Waals surface area (Å²) in [5.41, 5.74) is 1.35. The van der Waals surface area contributed by atoms with Crippen molar-refractivity contribution in [2.75, 3.05) is 30.8 Å². The number of carbonyl (C=O) groups is 1. The number of nitrogens with zero attached hydrogens (tertiary/aromatic N) is 2. The second kappa shape index (κ2) is 10.9. The van der Waals surface area contributed by atoms with Crippen molar-refractivity contribution in [1.82, 2.24) is 5.43 Å². The number of anilines is 1. The molecule has 0 aliphatic rings. The van der Waals surface area contributed by atoms with Gasteiger partial charge in [-0.2, -0.15) is 18.3 Å². The van der Waals surface area contributed by atoms with Crippen molar-refractivity contribution in [2.24, 2.45) is 5.10 Å². The van der Waals surface area contributed by atoms with Crippen LogP contribution in [0.4, 0.5) is 18.9 Å². The van der Waals surface area contributed by atoms with Crippen molar-refractivity contribution in [3.63, 3.8) is 0 Å². The molecule has 0 saturated carbocycles. The van der Waals surface area contributed by atoms with Crippen LogP contribution in [-0.2, 0) is 21.0 Å². The van der Waals surface area contributed by atoms with Crippen LogP contribution in [0.3, 0.4) is 0 Å². The molecule has 0 bridgehead atoms. The lowest BCUT2D eigenvalue weighted by molar-refractivity contribution is -0.137. The van der Waals surface area contributed by atoms with Crippen LogP contribution in [0.25, 0.3) is 0 Å². The Morgan fingerprint density at radius 2 is 1.94 bits per heavy atom. The standard InChI is InChI=1S/C21H22F3N3O5S/c1-4-10-32-18-9-8-15(11-19(18)31-2)13-25-26-20(28)14-27(33(3,29)30)17-7-5-6-16(12-17)21(22,23)24/h4-9,11-13H,1,10,14H2,2-3H3,(H,26,28)/b25-13-. The molecular formula is C21H22F3N3O5S. The van der Waals surface area contributed by atoms with E-state index >= 15 is 0 Å². The van der Waals surface area contributed by atoms with E-state index in [4.69, 9.17) is 9.47 Å². The first kappa shape index (κ1) is 25.7. The van der Waals surface area contributed by atoms with Gasteiger partial charge in [-0.15, -0.1) is 0 Å². The van der Waals surface area contributed by atoms with Gasteiger partial charge in [-0.05, 0) is 42.0 Å². The first-order valence-electron chi connectivity index (χ1n) is 9.34. The molecule has 0 aliphatic heterocycles. The molecule has 0 fully saturated rings. The van der Waals surface area contributed by atoms with E-state index in [2.05, 4.69) is 17.1 Å². The minimum atomic E-state index is -4.67. The molecule has 0 spiro atoms. The average molecular weight is 485 g/mol. The van der Waals surface area contributed by atoms with Crippen molar-refractivity contribution < 1.29 is 35.9 Å². The number of carbonyl (C=O) groups excluding carboxylic acids is 1. The number of nitrogens with one attached hydrogen (secondary N) is 1. The number of rotatable bonds is 10. The highest BCUT2D eigenvalue weighted by Crippen LogP contribution is 2.32. The highest BCUT2D eigenvalue weighted by atomic mass is 32.2. The van der Waals surface area contributed by atoms with E-state index in [9.17, 15) is 26.4 Å². The van der Waals surface area contributed by atoms with Crippen molar-refractivity contribution >= 4 is 27.8 Å². The Labute approximate surface area is 189 Å². The molecule has 12 heteroatoms. The SMILES string of the molecule is C=CCOc1ccc(/C=N\NC(=O)CN(c2cccc(C(F)(F)F)c2)S(C)(=O)=O)cc1OC. The fourth-order valence-corrected chi connectivity index (χ4v) is 3.46. The fraction of sp³-hybridized carbons (Fsp3) is 0.238. The highest BCUT2D eigenvalue weighted by Gasteiger charge is 2.32. The van der Waals surface area contributed by atoms with Crippen molar-refractivity contribution in [3.8, 4) is 11.5 Å². The number of benzene rings is 2. The first-order chi connectivity index (χ1) is 15.5. The first-order valence-corrected chi connectivity index (χ1v) is 11.2. The average Bonchev–Trinajstić information content (AvgIpc) is 2.75. The highest BCUT2D eigenvalue weighted by molar-refractivity contribution is 7.92. The number of ether oxygens (including phenoxy) is 2. The topological polar surface area (TPSA) is 97.3 Å². The Hall–Kier alpha value is -3.54. The normalized spacial score (nSPS) is 11.8. The van der Waals surface area contributed by atoms with E-state index in [1.54, 1.807) is 24.3 Å². The Morgan fingerprint density at radius 1 is 1.21 bits per heavy atom. The molecule has 33 heavy (non-hydrogen) atoms. The summed E-state index contributed by atoms with van der Waals surface area (Å²) in [7, 11) is -2.61. The van der Waals surface area contributed by atoms with E-state index in [-0.39, 0.29) is 12.3 Å². The zero-order valence-electron chi connectivity index (χ0n) is 17.8. The van der Waals surface area contributed by atoms with Gasteiger partial charge in [-0.1, -0.05) is 18.7 Å². The number of hydrogen-bond acceptors (Lipinski definition) is 6. The summed E-state index contributed by atoms with van der Waals surface area (Å²) in [4.78, 5) is 12.2. The Morgan fingerprint density at radius 3 is 2.55 bits per heavy atom. The van der Waals surface area contributed by atoms with Crippen molar-refractivity contribution in [2.45, 2.75) is 6.18 Å². The largest absolute Gasteiger partial charge is 0.493 e. The van der Waals surface area contributed by atoms with Gasteiger partial charge in [0.25, 0.3) is 5.91 Å². The van der Waals surface area contributed by atoms with Gasteiger partial charge in [-0.3, -0.25) is 9.10 Å². The van der Waals surface area contributed by atoms with E-state index in [0.29, 0.717) is 27.4 Å². The van der Waals surface area contributed by atoms with Crippen LogP contribution in [0.15, 0.2) is 60.2 Å². The van der Waals surface area contributed by atoms with Gasteiger partial charge in [-0.25, -0.2) is 13.8 Å². The number of methoxy groups -OCH3 is 1. The summed E-state index contributed by atoms with van der Waals surface area (Å²) in [5.74, 6) is 0.0374. The van der Waals surface area contributed by atoms with Gasteiger partial charge < -0.3 is 9.47 Å². The molecule has 2 rings (SSSR count). The lowest BCUT2D eigenvalue weighted by Gasteiger charge is -2.22. The molecule has 178 valence electrons. The summed E-state index contributed by atoms with van der Waals surface area (Å²) in [5, 5.41) is 3.76. The Bertz CT molecular complexity index is 1130. The summed E-state index contributed by atoms with van der Waals surface area (Å²) < 4.78 is 74.3. The number of hydrazone groups is 1. The van der Waals surface area contributed by atoms with E-state index in [0.717, 1.165) is 24.5 Å². The molecular weight excluding hydrogens is 463 g/mol. The predicted octanol–water partition coefficient (Wildman–Crippen LogP) is 3.20. The van der Waals surface area contributed by atoms with Gasteiger partial charge in [0.2, 0.25) is 10.0 Å². The number of halogens is 3. The molecule has 0 aromatic heterocycles. The number of hydrogen-bond donors (Lipinski definition) is 1. The van der Waals surface area contributed by atoms with Crippen LogP contribution >= 0.6 is 0 Å². The third-order valence-electron chi connectivity index (χ3n) is 4.10. The van der Waals surface area contributed by atoms with Crippen LogP contribution in [0.1, 0.15) is 11.1 Å². The maximum atomic E-state index is 13.0. The molecule has 0 radical (unpaired) electrons. The minimum absolute atomic E-state index is 0.280. The fourth-order valence-electron chi connectivity index (χ4n) is 2.61. The van der Waals surface area contributed by atoms with Gasteiger partial charge in [0.1, 0.15) is 13.2 Å². The maximum absolute atomic E-state index is 13.0. The van der Waals surface area contributed by atoms with E-state index < -0.39 is 34.2 Å². The Kier molecular flexibility index (Phi) is 8.46. The van der Waals surface area contributed by atoms with Crippen molar-refractivity contribution in [3.05, 3.63) is 66.2 Å². The van der Waals surface area contributed by atoms with Crippen LogP contribution in [0.5, 0.6) is 11.5 Å². The van der Waals surface area contributed by atoms with E-state index in [1.807, 2.05) is 0 Å². The number of alkyl halides is 3. The summed E-state index contributed by atoms with van der Waals surface area (Å²) in [6.07, 6.45) is -1.03. The third kappa shape index (κ3) is 7.52. The van der Waals surface area contributed by atoms with Crippen LogP contribution in [-0.4, -0.2) is 47.1 Å². The number of sulfonamides is 1. The predicted molar refractivity (Wildman–Crippen MR) is 118 cm³/mol. The summed E-state index contributed by atoms with van der Waals surface area (Å²) >= 11 is 0. The van der Waals surface area contributed by atoms with Crippen LogP contribution in [0, 0.1) is 0 Å². The molecule has 0 heterocycles. The summed E-state index contributed by atoms with van der Waals surface area (Å²) in [6, 6.07) is 8.54. The maximum Gasteiger partial charge on any atom is 0.416 e. The Balaban J connectivity index is 2.13. The van der Waals surface area contributed by atoms with E-state index in [1.165, 1.54) is 13.3 Å². The van der Waals surface area contributed by atoms with Gasteiger partial charge in [0, 0.05) is 0 Å². The molecule has 0 saturated heterocycles.